The number of likely N-dealkylation sites (tertiary alicyclic amines) is 1. The minimum absolute atomic E-state index is 0.0570. The first kappa shape index (κ1) is 25.8. The van der Waals surface area contributed by atoms with Gasteiger partial charge in [0.05, 0.1) is 5.41 Å². The topological polar surface area (TPSA) is 73.4 Å². The molecule has 0 aromatic heterocycles. The average Bonchev–Trinajstić information content (AvgIpc) is 3.16. The highest BCUT2D eigenvalue weighted by molar-refractivity contribution is 6.30. The molecule has 2 amide bonds. The van der Waals surface area contributed by atoms with Crippen LogP contribution in [-0.2, 0) is 19.1 Å². The predicted octanol–water partition coefficient (Wildman–Crippen LogP) is 2.64. The number of rotatable bonds is 6. The van der Waals surface area contributed by atoms with Gasteiger partial charge in [0.25, 0.3) is 0 Å². The van der Waals surface area contributed by atoms with Crippen LogP contribution in [-0.4, -0.2) is 97.5 Å². The number of esters is 1. The molecule has 2 atom stereocenters. The smallest absolute Gasteiger partial charge is 0.312 e. The summed E-state index contributed by atoms with van der Waals surface area (Å²) in [5.74, 6) is -0.293. The maximum atomic E-state index is 12.8. The first-order valence-electron chi connectivity index (χ1n) is 12.6. The third-order valence-corrected chi connectivity index (χ3v) is 8.34. The summed E-state index contributed by atoms with van der Waals surface area (Å²) in [5, 5.41) is 0.759. The molecule has 0 bridgehead atoms. The molecule has 1 aromatic rings. The second-order valence-electron chi connectivity index (χ2n) is 10.2. The van der Waals surface area contributed by atoms with E-state index in [9.17, 15) is 14.4 Å². The molecule has 3 saturated heterocycles. The summed E-state index contributed by atoms with van der Waals surface area (Å²) < 4.78 is 5.82. The van der Waals surface area contributed by atoms with Crippen molar-refractivity contribution in [1.29, 1.82) is 0 Å². The standard InChI is InChI=1S/C26H37ClN4O4/c1-19(28(3)20(2)32)24(33)31-11-8-26(9-12-31)18-23(35-25(26)34)7-10-29-13-15-30(16-14-29)22-6-4-5-21(27)17-22/h4-6,17,19,23H,7-16,18H2,1-3H3/t19-,23-/m0/s1. The van der Waals surface area contributed by atoms with Gasteiger partial charge in [-0.3, -0.25) is 19.3 Å². The largest absolute Gasteiger partial charge is 0.462 e. The highest BCUT2D eigenvalue weighted by atomic mass is 35.5. The van der Waals surface area contributed by atoms with Gasteiger partial charge in [-0.1, -0.05) is 17.7 Å². The van der Waals surface area contributed by atoms with E-state index in [0.717, 1.165) is 56.3 Å². The summed E-state index contributed by atoms with van der Waals surface area (Å²) in [5.41, 5.74) is 0.693. The zero-order valence-corrected chi connectivity index (χ0v) is 21.8. The summed E-state index contributed by atoms with van der Waals surface area (Å²) in [6, 6.07) is 7.49. The highest BCUT2D eigenvalue weighted by Gasteiger charge is 2.51. The van der Waals surface area contributed by atoms with E-state index >= 15 is 0 Å². The van der Waals surface area contributed by atoms with E-state index in [1.807, 2.05) is 18.2 Å². The molecule has 35 heavy (non-hydrogen) atoms. The molecule has 3 aliphatic heterocycles. The quantitative estimate of drug-likeness (QED) is 0.554. The maximum absolute atomic E-state index is 12.8. The number of piperazine rings is 1. The molecule has 4 rings (SSSR count). The minimum atomic E-state index is -0.496. The minimum Gasteiger partial charge on any atom is -0.462 e. The lowest BCUT2D eigenvalue weighted by atomic mass is 9.75. The van der Waals surface area contributed by atoms with E-state index in [1.54, 1.807) is 18.9 Å². The van der Waals surface area contributed by atoms with Gasteiger partial charge in [-0.25, -0.2) is 0 Å². The Bertz CT molecular complexity index is 941. The lowest BCUT2D eigenvalue weighted by molar-refractivity contribution is -0.153. The first-order valence-corrected chi connectivity index (χ1v) is 13.0. The van der Waals surface area contributed by atoms with E-state index in [2.05, 4.69) is 15.9 Å². The number of anilines is 1. The van der Waals surface area contributed by atoms with Crippen molar-refractivity contribution in [3.05, 3.63) is 29.3 Å². The number of carbonyl (C=O) groups excluding carboxylic acids is 3. The molecule has 3 heterocycles. The van der Waals surface area contributed by atoms with Gasteiger partial charge in [0, 0.05) is 76.9 Å². The van der Waals surface area contributed by atoms with E-state index in [-0.39, 0.29) is 23.9 Å². The number of halogens is 1. The van der Waals surface area contributed by atoms with Crippen LogP contribution in [0.3, 0.4) is 0 Å². The SMILES string of the molecule is CC(=O)N(C)[C@@H](C)C(=O)N1CCC2(CC1)C[C@H](CCN1CCN(c3cccc(Cl)c3)CC1)OC2=O. The van der Waals surface area contributed by atoms with Gasteiger partial charge in [0.15, 0.2) is 0 Å². The van der Waals surface area contributed by atoms with Gasteiger partial charge in [-0.15, -0.1) is 0 Å². The number of hydrogen-bond acceptors (Lipinski definition) is 6. The van der Waals surface area contributed by atoms with Gasteiger partial charge < -0.3 is 19.4 Å². The molecular weight excluding hydrogens is 468 g/mol. The fourth-order valence-corrected chi connectivity index (χ4v) is 5.68. The van der Waals surface area contributed by atoms with Crippen LogP contribution in [0.1, 0.15) is 39.5 Å². The summed E-state index contributed by atoms with van der Waals surface area (Å²) in [7, 11) is 1.65. The van der Waals surface area contributed by atoms with Gasteiger partial charge >= 0.3 is 5.97 Å². The summed E-state index contributed by atoms with van der Waals surface area (Å²) in [4.78, 5) is 45.3. The van der Waals surface area contributed by atoms with Crippen LogP contribution in [0, 0.1) is 5.41 Å². The molecule has 0 N–H and O–H groups in total. The second kappa shape index (κ2) is 10.7. The van der Waals surface area contributed by atoms with Crippen molar-refractivity contribution < 1.29 is 19.1 Å². The number of likely N-dealkylation sites (N-methyl/N-ethyl adjacent to an activating group) is 1. The molecule has 8 nitrogen and oxygen atoms in total. The fraction of sp³-hybridized carbons (Fsp3) is 0.654. The van der Waals surface area contributed by atoms with E-state index in [1.165, 1.54) is 11.8 Å². The molecule has 0 unspecified atom stereocenters. The second-order valence-corrected chi connectivity index (χ2v) is 10.7. The van der Waals surface area contributed by atoms with Gasteiger partial charge in [0.2, 0.25) is 11.8 Å². The average molecular weight is 505 g/mol. The Morgan fingerprint density at radius 2 is 1.86 bits per heavy atom. The normalized spacial score (nSPS) is 23.3. The van der Waals surface area contributed by atoms with E-state index < -0.39 is 11.5 Å². The molecule has 3 fully saturated rings. The van der Waals surface area contributed by atoms with Crippen molar-refractivity contribution in [2.45, 2.75) is 51.7 Å². The third kappa shape index (κ3) is 5.75. The Morgan fingerprint density at radius 1 is 1.17 bits per heavy atom. The Labute approximate surface area is 213 Å². The van der Waals surface area contributed by atoms with Crippen LogP contribution in [0.15, 0.2) is 24.3 Å². The molecule has 0 aliphatic carbocycles. The molecule has 0 saturated carbocycles. The van der Waals surface area contributed by atoms with Crippen LogP contribution in [0.25, 0.3) is 0 Å². The molecule has 0 radical (unpaired) electrons. The fourth-order valence-electron chi connectivity index (χ4n) is 5.49. The lowest BCUT2D eigenvalue weighted by Gasteiger charge is -2.38. The van der Waals surface area contributed by atoms with Crippen molar-refractivity contribution in [3.8, 4) is 0 Å². The molecule has 1 spiro atoms. The zero-order valence-electron chi connectivity index (χ0n) is 21.0. The Morgan fingerprint density at radius 3 is 2.49 bits per heavy atom. The number of hydrogen-bond donors (Lipinski definition) is 0. The molecule has 9 heteroatoms. The number of ether oxygens (including phenoxy) is 1. The van der Waals surface area contributed by atoms with Crippen LogP contribution < -0.4 is 4.90 Å². The Hall–Kier alpha value is -2.32. The molecule has 1 aromatic carbocycles. The number of piperidine rings is 1. The number of amides is 2. The van der Waals surface area contributed by atoms with Crippen LogP contribution in [0.5, 0.6) is 0 Å². The van der Waals surface area contributed by atoms with Crippen molar-refractivity contribution in [1.82, 2.24) is 14.7 Å². The Balaban J connectivity index is 1.22. The highest BCUT2D eigenvalue weighted by Crippen LogP contribution is 2.44. The lowest BCUT2D eigenvalue weighted by Crippen LogP contribution is -2.51. The number of benzene rings is 1. The van der Waals surface area contributed by atoms with Crippen molar-refractivity contribution in [3.63, 3.8) is 0 Å². The van der Waals surface area contributed by atoms with E-state index in [4.69, 9.17) is 16.3 Å². The number of nitrogens with zero attached hydrogens (tertiary/aromatic N) is 4. The molecule has 3 aliphatic rings. The van der Waals surface area contributed by atoms with Crippen molar-refractivity contribution in [2.75, 3.05) is 57.8 Å². The number of cyclic esters (lactones) is 1. The summed E-state index contributed by atoms with van der Waals surface area (Å²) in [6.07, 6.45) is 2.78. The van der Waals surface area contributed by atoms with Gasteiger partial charge in [0.1, 0.15) is 12.1 Å². The molecular formula is C26H37ClN4O4. The van der Waals surface area contributed by atoms with Gasteiger partial charge in [-0.05, 0) is 44.4 Å². The summed E-state index contributed by atoms with van der Waals surface area (Å²) in [6.45, 7) is 9.04. The van der Waals surface area contributed by atoms with Gasteiger partial charge in [-0.2, -0.15) is 0 Å². The van der Waals surface area contributed by atoms with Crippen LogP contribution in [0.2, 0.25) is 5.02 Å². The number of carbonyl (C=O) groups is 3. The van der Waals surface area contributed by atoms with Crippen molar-refractivity contribution in [2.24, 2.45) is 5.41 Å². The third-order valence-electron chi connectivity index (χ3n) is 8.11. The van der Waals surface area contributed by atoms with Crippen molar-refractivity contribution >= 4 is 35.1 Å². The molecule has 192 valence electrons. The zero-order chi connectivity index (χ0) is 25.2. The maximum Gasteiger partial charge on any atom is 0.312 e. The Kier molecular flexibility index (Phi) is 7.91. The van der Waals surface area contributed by atoms with E-state index in [0.29, 0.717) is 25.9 Å². The monoisotopic (exact) mass is 504 g/mol. The van der Waals surface area contributed by atoms with Crippen LogP contribution >= 0.6 is 11.6 Å². The van der Waals surface area contributed by atoms with Crippen LogP contribution in [0.4, 0.5) is 5.69 Å². The summed E-state index contributed by atoms with van der Waals surface area (Å²) >= 11 is 6.14. The first-order chi connectivity index (χ1) is 16.7. The predicted molar refractivity (Wildman–Crippen MR) is 135 cm³/mol.